The van der Waals surface area contributed by atoms with Gasteiger partial charge in [-0.25, -0.2) is 22.8 Å². The number of carbonyl (C=O) groups excluding carboxylic acids is 3. The maximum absolute atomic E-state index is 14.9. The molecule has 2 aromatic carbocycles. The molecule has 0 unspecified atom stereocenters. The number of carbonyl (C=O) groups is 3. The number of anilines is 1. The van der Waals surface area contributed by atoms with Gasteiger partial charge in [0, 0.05) is 40.9 Å². The van der Waals surface area contributed by atoms with E-state index in [0.29, 0.717) is 60.5 Å². The first-order valence-electron chi connectivity index (χ1n) is 20.9. The Hall–Kier alpha value is -4.89. The predicted molar refractivity (Wildman–Crippen MR) is 229 cm³/mol. The number of aryl methyl sites for hydroxylation is 1. The number of pyridine rings is 1. The zero-order valence-corrected chi connectivity index (χ0v) is 36.0. The van der Waals surface area contributed by atoms with Crippen molar-refractivity contribution >= 4 is 55.5 Å². The van der Waals surface area contributed by atoms with Crippen molar-refractivity contribution in [3.8, 4) is 22.2 Å². The maximum Gasteiger partial charge on any atom is 0.245 e. The number of sulfonamides is 1. The van der Waals surface area contributed by atoms with Gasteiger partial charge in [-0.1, -0.05) is 44.9 Å². The SMILES string of the molecule is COc1ccc2c(O[C@@H]3C[C@H]4C(=O)C[C@]5(C(=O)NS(=O)(=O)C6CC6)C[C@H]5/C=C\CCCCC[C@H](Nc5cccc(F)c5)C(=O)N4C3)cc(-c3nc(C(C)C)cs3)nc2c1C. The van der Waals surface area contributed by atoms with E-state index in [2.05, 4.69) is 23.9 Å². The zero-order chi connectivity index (χ0) is 42.3. The Morgan fingerprint density at radius 1 is 1.05 bits per heavy atom. The molecular formula is C45H52FN5O7S2. The molecule has 2 N–H and O–H groups in total. The van der Waals surface area contributed by atoms with Gasteiger partial charge in [-0.3, -0.25) is 19.1 Å². The van der Waals surface area contributed by atoms with Crippen molar-refractivity contribution in [2.75, 3.05) is 19.0 Å². The molecule has 0 radical (unpaired) electrons. The molecule has 4 aliphatic rings. The largest absolute Gasteiger partial charge is 0.496 e. The van der Waals surface area contributed by atoms with Crippen molar-refractivity contribution in [2.24, 2.45) is 11.3 Å². The molecular weight excluding hydrogens is 806 g/mol. The van der Waals surface area contributed by atoms with E-state index >= 15 is 0 Å². The average Bonchev–Trinajstić information content (AvgIpc) is 4.09. The molecule has 0 bridgehead atoms. The Morgan fingerprint density at radius 2 is 1.87 bits per heavy atom. The molecule has 2 amide bonds. The molecule has 2 aromatic heterocycles. The fourth-order valence-electron chi connectivity index (χ4n) is 8.62. The summed E-state index contributed by atoms with van der Waals surface area (Å²) in [6.07, 6.45) is 8.09. The number of nitrogens with one attached hydrogen (secondary N) is 2. The molecule has 12 nitrogen and oxygen atoms in total. The summed E-state index contributed by atoms with van der Waals surface area (Å²) in [5.74, 6) is -0.696. The number of nitrogens with zero attached hydrogens (tertiary/aromatic N) is 3. The highest BCUT2D eigenvalue weighted by Crippen LogP contribution is 2.57. The lowest BCUT2D eigenvalue weighted by Crippen LogP contribution is -2.49. The fourth-order valence-corrected chi connectivity index (χ4v) is 10.9. The van der Waals surface area contributed by atoms with E-state index < -0.39 is 50.6 Å². The molecule has 8 rings (SSSR count). The number of rotatable bonds is 10. The number of methoxy groups -OCH3 is 1. The van der Waals surface area contributed by atoms with Crippen LogP contribution in [0.4, 0.5) is 10.1 Å². The minimum atomic E-state index is -3.86. The van der Waals surface area contributed by atoms with Crippen LogP contribution in [0.2, 0.25) is 0 Å². The zero-order valence-electron chi connectivity index (χ0n) is 34.4. The highest BCUT2D eigenvalue weighted by atomic mass is 32.2. The van der Waals surface area contributed by atoms with Crippen molar-refractivity contribution in [3.05, 3.63) is 77.1 Å². The van der Waals surface area contributed by atoms with Crippen LogP contribution in [0.25, 0.3) is 21.6 Å². The molecule has 4 aromatic rings. The number of thiazole rings is 1. The van der Waals surface area contributed by atoms with E-state index in [1.807, 2.05) is 42.7 Å². The Bertz CT molecular complexity index is 2450. The topological polar surface area (TPSA) is 157 Å². The summed E-state index contributed by atoms with van der Waals surface area (Å²) in [6, 6.07) is 9.81. The number of ether oxygens (including phenoxy) is 2. The lowest BCUT2D eigenvalue weighted by atomic mass is 9.91. The molecule has 60 heavy (non-hydrogen) atoms. The number of ketones is 1. The van der Waals surface area contributed by atoms with E-state index in [0.717, 1.165) is 40.9 Å². The van der Waals surface area contributed by atoms with Crippen LogP contribution in [0, 0.1) is 24.1 Å². The number of aromatic nitrogens is 2. The van der Waals surface area contributed by atoms with Crippen molar-refractivity contribution in [1.29, 1.82) is 0 Å². The lowest BCUT2D eigenvalue weighted by Gasteiger charge is -2.30. The van der Waals surface area contributed by atoms with Crippen LogP contribution < -0.4 is 19.5 Å². The minimum Gasteiger partial charge on any atom is -0.496 e. The molecule has 4 heterocycles. The average molecular weight is 858 g/mol. The Balaban J connectivity index is 1.15. The van der Waals surface area contributed by atoms with Crippen LogP contribution >= 0.6 is 11.3 Å². The monoisotopic (exact) mass is 857 g/mol. The number of fused-ring (bicyclic) bond motifs is 3. The van der Waals surface area contributed by atoms with Gasteiger partial charge in [0.2, 0.25) is 21.8 Å². The second-order valence-electron chi connectivity index (χ2n) is 17.1. The number of allylic oxidation sites excluding steroid dienone is 2. The highest BCUT2D eigenvalue weighted by Gasteiger charge is 2.61. The summed E-state index contributed by atoms with van der Waals surface area (Å²) in [5.41, 5.74) is 2.25. The van der Waals surface area contributed by atoms with Gasteiger partial charge in [0.1, 0.15) is 40.2 Å². The summed E-state index contributed by atoms with van der Waals surface area (Å²) in [7, 11) is -2.26. The van der Waals surface area contributed by atoms with Gasteiger partial charge >= 0.3 is 0 Å². The maximum atomic E-state index is 14.9. The number of Topliss-reactive ketones (excluding diaryl/α,β-unsaturated/α-hetero) is 1. The van der Waals surface area contributed by atoms with Crippen LogP contribution in [0.15, 0.2) is 60.0 Å². The smallest absolute Gasteiger partial charge is 0.245 e. The van der Waals surface area contributed by atoms with Gasteiger partial charge in [-0.05, 0) is 87.6 Å². The Kier molecular flexibility index (Phi) is 11.8. The first kappa shape index (κ1) is 41.8. The van der Waals surface area contributed by atoms with Gasteiger partial charge in [0.25, 0.3) is 0 Å². The van der Waals surface area contributed by atoms with Crippen molar-refractivity contribution < 1.29 is 36.7 Å². The van der Waals surface area contributed by atoms with Gasteiger partial charge in [0.15, 0.2) is 5.78 Å². The summed E-state index contributed by atoms with van der Waals surface area (Å²) >= 11 is 1.49. The third-order valence-electron chi connectivity index (χ3n) is 12.4. The van der Waals surface area contributed by atoms with E-state index in [-0.39, 0.29) is 42.9 Å². The standard InChI is InChI=1S/C45H52FN5O7S2/c1-26(2)36-25-59-42(49-36)35-21-40(33-17-18-39(57-4)27(3)41(33)48-35)58-31-20-37-38(52)23-45(44(54)50-60(55,56)32-15-16-32)22-28(45)11-8-6-5-7-9-14-34(43(53)51(37)24-31)47-30-13-10-12-29(46)19-30/h8,10-13,17-19,21,25-26,28,31-32,34,37,47H,5-7,9,14-16,20,22-24H2,1-4H3,(H,50,54)/b11-8-/t28-,31-,34+,37+,45-/m1/s1. The molecule has 2 aliphatic carbocycles. The molecule has 1 saturated heterocycles. The van der Waals surface area contributed by atoms with Crippen LogP contribution in [-0.2, 0) is 24.4 Å². The second-order valence-corrected chi connectivity index (χ2v) is 19.9. The van der Waals surface area contributed by atoms with Crippen LogP contribution in [0.3, 0.4) is 0 Å². The quantitative estimate of drug-likeness (QED) is 0.151. The van der Waals surface area contributed by atoms with Gasteiger partial charge in [0.05, 0.1) is 41.6 Å². The number of hydrogen-bond acceptors (Lipinski definition) is 11. The van der Waals surface area contributed by atoms with E-state index in [4.69, 9.17) is 19.4 Å². The number of benzene rings is 2. The van der Waals surface area contributed by atoms with Crippen molar-refractivity contribution in [3.63, 3.8) is 0 Å². The molecule has 2 aliphatic heterocycles. The molecule has 15 heteroatoms. The number of halogens is 1. The van der Waals surface area contributed by atoms with Gasteiger partial charge in [-0.15, -0.1) is 11.3 Å². The van der Waals surface area contributed by atoms with Gasteiger partial charge in [-0.2, -0.15) is 0 Å². The molecule has 0 spiro atoms. The van der Waals surface area contributed by atoms with Crippen molar-refractivity contribution in [2.45, 2.75) is 114 Å². The molecule has 5 atom stereocenters. The first-order valence-corrected chi connectivity index (χ1v) is 23.4. The second kappa shape index (κ2) is 16.9. The molecule has 2 saturated carbocycles. The summed E-state index contributed by atoms with van der Waals surface area (Å²) in [6.45, 7) is 6.16. The number of amides is 2. The third kappa shape index (κ3) is 8.65. The summed E-state index contributed by atoms with van der Waals surface area (Å²) in [4.78, 5) is 55.0. The van der Waals surface area contributed by atoms with E-state index in [1.165, 1.54) is 23.5 Å². The molecule has 318 valence electrons. The minimum absolute atomic E-state index is 0.0677. The number of hydrogen-bond donors (Lipinski definition) is 2. The van der Waals surface area contributed by atoms with Gasteiger partial charge < -0.3 is 19.7 Å². The first-order chi connectivity index (χ1) is 28.8. The van der Waals surface area contributed by atoms with Crippen LogP contribution in [-0.4, -0.2) is 78.0 Å². The Morgan fingerprint density at radius 3 is 2.60 bits per heavy atom. The summed E-state index contributed by atoms with van der Waals surface area (Å²) < 4.78 is 55.2. The van der Waals surface area contributed by atoms with E-state index in [1.54, 1.807) is 24.1 Å². The van der Waals surface area contributed by atoms with Crippen molar-refractivity contribution in [1.82, 2.24) is 19.6 Å². The Labute approximate surface area is 354 Å². The van der Waals surface area contributed by atoms with Crippen LogP contribution in [0.1, 0.15) is 95.2 Å². The highest BCUT2D eigenvalue weighted by molar-refractivity contribution is 7.90. The van der Waals surface area contributed by atoms with Crippen LogP contribution in [0.5, 0.6) is 11.5 Å². The lowest BCUT2D eigenvalue weighted by molar-refractivity contribution is -0.139. The fraction of sp³-hybridized carbons (Fsp3) is 0.489. The predicted octanol–water partition coefficient (Wildman–Crippen LogP) is 7.86. The molecule has 3 fully saturated rings. The summed E-state index contributed by atoms with van der Waals surface area (Å²) in [5, 5.41) is 6.13. The van der Waals surface area contributed by atoms with E-state index in [9.17, 15) is 27.2 Å². The normalized spacial score (nSPS) is 25.5. The third-order valence-corrected chi connectivity index (χ3v) is 15.1.